The van der Waals surface area contributed by atoms with Gasteiger partial charge in [0.15, 0.2) is 0 Å². The van der Waals surface area contributed by atoms with Gasteiger partial charge in [-0.15, -0.1) is 0 Å². The summed E-state index contributed by atoms with van der Waals surface area (Å²) in [6.07, 6.45) is 4.17. The third kappa shape index (κ3) is 3.71. The molecule has 0 aliphatic carbocycles. The molecular weight excluding hydrogens is 192 g/mol. The first kappa shape index (κ1) is 11.7. The van der Waals surface area contributed by atoms with E-state index in [0.29, 0.717) is 13.0 Å². The van der Waals surface area contributed by atoms with Crippen LogP contribution in [0.5, 0.6) is 0 Å². The van der Waals surface area contributed by atoms with E-state index >= 15 is 0 Å². The molecule has 0 atom stereocenters. The van der Waals surface area contributed by atoms with Gasteiger partial charge in [0.25, 0.3) is 0 Å². The predicted molar refractivity (Wildman–Crippen MR) is 58.3 cm³/mol. The molecule has 2 N–H and O–H groups in total. The Morgan fingerprint density at radius 1 is 1.60 bits per heavy atom. The highest BCUT2D eigenvalue weighted by Gasteiger charge is 2.00. The smallest absolute Gasteiger partial charge is 0.221 e. The normalized spacial score (nSPS) is 10.3. The topological polar surface area (TPSA) is 59.0 Å². The Morgan fingerprint density at radius 3 is 3.07 bits per heavy atom. The van der Waals surface area contributed by atoms with Gasteiger partial charge in [0.1, 0.15) is 0 Å². The van der Waals surface area contributed by atoms with Crippen LogP contribution in [0.3, 0.4) is 0 Å². The van der Waals surface area contributed by atoms with Crippen LogP contribution in [0.4, 0.5) is 0 Å². The van der Waals surface area contributed by atoms with E-state index in [0.717, 1.165) is 18.8 Å². The molecule has 0 aliphatic rings. The van der Waals surface area contributed by atoms with Crippen molar-refractivity contribution in [2.45, 2.75) is 26.4 Å². The molecule has 1 aromatic rings. The number of imidazole rings is 1. The summed E-state index contributed by atoms with van der Waals surface area (Å²) in [5, 5.41) is 5.79. The standard InChI is InChI=1S/C10H18N4O/c1-3-14-8-13-7-9(14)6-12-5-4-10(15)11-2/h7-8,12H,3-6H2,1-2H3,(H,11,15). The van der Waals surface area contributed by atoms with E-state index in [-0.39, 0.29) is 5.91 Å². The fourth-order valence-electron chi connectivity index (χ4n) is 1.32. The molecule has 0 spiro atoms. The maximum Gasteiger partial charge on any atom is 0.221 e. The summed E-state index contributed by atoms with van der Waals surface area (Å²) in [6.45, 7) is 4.45. The minimum absolute atomic E-state index is 0.0616. The summed E-state index contributed by atoms with van der Waals surface area (Å²) in [7, 11) is 1.65. The number of amides is 1. The molecule has 0 radical (unpaired) electrons. The molecular formula is C10H18N4O. The fourth-order valence-corrected chi connectivity index (χ4v) is 1.32. The van der Waals surface area contributed by atoms with Crippen molar-refractivity contribution in [2.75, 3.05) is 13.6 Å². The molecule has 0 saturated heterocycles. The largest absolute Gasteiger partial charge is 0.359 e. The molecule has 1 amide bonds. The Kier molecular flexibility index (Phi) is 4.83. The summed E-state index contributed by atoms with van der Waals surface area (Å²) < 4.78 is 2.08. The van der Waals surface area contributed by atoms with E-state index in [2.05, 4.69) is 27.1 Å². The van der Waals surface area contributed by atoms with Crippen molar-refractivity contribution in [1.29, 1.82) is 0 Å². The van der Waals surface area contributed by atoms with Gasteiger partial charge in [-0.1, -0.05) is 0 Å². The van der Waals surface area contributed by atoms with Crippen molar-refractivity contribution >= 4 is 5.91 Å². The van der Waals surface area contributed by atoms with Crippen LogP contribution in [-0.4, -0.2) is 29.1 Å². The molecule has 0 aliphatic heterocycles. The third-order valence-electron chi connectivity index (χ3n) is 2.25. The Morgan fingerprint density at radius 2 is 2.40 bits per heavy atom. The maximum absolute atomic E-state index is 10.9. The van der Waals surface area contributed by atoms with Crippen LogP contribution in [0.2, 0.25) is 0 Å². The number of rotatable bonds is 6. The first-order valence-electron chi connectivity index (χ1n) is 5.18. The monoisotopic (exact) mass is 210 g/mol. The van der Waals surface area contributed by atoms with E-state index in [4.69, 9.17) is 0 Å². The van der Waals surface area contributed by atoms with Crippen LogP contribution >= 0.6 is 0 Å². The van der Waals surface area contributed by atoms with Crippen LogP contribution in [0.25, 0.3) is 0 Å². The molecule has 0 fully saturated rings. The predicted octanol–water partition coefficient (Wildman–Crippen LogP) is 0.129. The lowest BCUT2D eigenvalue weighted by Gasteiger charge is -2.06. The van der Waals surface area contributed by atoms with Gasteiger partial charge in [-0.2, -0.15) is 0 Å². The lowest BCUT2D eigenvalue weighted by Crippen LogP contribution is -2.25. The summed E-state index contributed by atoms with van der Waals surface area (Å²) >= 11 is 0. The van der Waals surface area contributed by atoms with Crippen LogP contribution in [0.15, 0.2) is 12.5 Å². The van der Waals surface area contributed by atoms with E-state index < -0.39 is 0 Å². The first-order chi connectivity index (χ1) is 7.27. The number of aryl methyl sites for hydroxylation is 1. The van der Waals surface area contributed by atoms with E-state index in [1.165, 1.54) is 0 Å². The molecule has 0 unspecified atom stereocenters. The average Bonchev–Trinajstić information content (AvgIpc) is 2.71. The first-order valence-corrected chi connectivity index (χ1v) is 5.18. The fraction of sp³-hybridized carbons (Fsp3) is 0.600. The molecule has 1 heterocycles. The van der Waals surface area contributed by atoms with Gasteiger partial charge in [0, 0.05) is 39.3 Å². The number of hydrogen-bond acceptors (Lipinski definition) is 3. The van der Waals surface area contributed by atoms with Crippen molar-refractivity contribution in [2.24, 2.45) is 0 Å². The lowest BCUT2D eigenvalue weighted by molar-refractivity contribution is -0.120. The van der Waals surface area contributed by atoms with E-state index in [1.807, 2.05) is 12.5 Å². The summed E-state index contributed by atoms with van der Waals surface area (Å²) in [4.78, 5) is 15.0. The summed E-state index contributed by atoms with van der Waals surface area (Å²) in [5.41, 5.74) is 1.15. The molecule has 0 saturated carbocycles. The Labute approximate surface area is 89.9 Å². The minimum atomic E-state index is 0.0616. The number of aromatic nitrogens is 2. The Bertz CT molecular complexity index is 308. The molecule has 1 aromatic heterocycles. The van der Waals surface area contributed by atoms with Crippen LogP contribution < -0.4 is 10.6 Å². The zero-order valence-electron chi connectivity index (χ0n) is 9.29. The quantitative estimate of drug-likeness (QED) is 0.656. The van der Waals surface area contributed by atoms with Crippen molar-refractivity contribution in [3.63, 3.8) is 0 Å². The SMILES string of the molecule is CCn1cncc1CNCCC(=O)NC. The molecule has 15 heavy (non-hydrogen) atoms. The number of hydrogen-bond donors (Lipinski definition) is 2. The number of carbonyl (C=O) groups is 1. The second-order valence-corrected chi connectivity index (χ2v) is 3.27. The average molecular weight is 210 g/mol. The number of carbonyl (C=O) groups excluding carboxylic acids is 1. The van der Waals surface area contributed by atoms with Gasteiger partial charge in [0.05, 0.1) is 12.0 Å². The van der Waals surface area contributed by atoms with E-state index in [9.17, 15) is 4.79 Å². The second-order valence-electron chi connectivity index (χ2n) is 3.27. The lowest BCUT2D eigenvalue weighted by atomic mass is 10.4. The van der Waals surface area contributed by atoms with Gasteiger partial charge in [-0.05, 0) is 6.92 Å². The van der Waals surface area contributed by atoms with Crippen molar-refractivity contribution in [1.82, 2.24) is 20.2 Å². The maximum atomic E-state index is 10.9. The highest BCUT2D eigenvalue weighted by Crippen LogP contribution is 1.97. The van der Waals surface area contributed by atoms with Crippen LogP contribution in [0, 0.1) is 0 Å². The molecule has 0 aromatic carbocycles. The van der Waals surface area contributed by atoms with Gasteiger partial charge in [-0.25, -0.2) is 4.98 Å². The van der Waals surface area contributed by atoms with Gasteiger partial charge in [0.2, 0.25) is 5.91 Å². The molecule has 0 bridgehead atoms. The Hall–Kier alpha value is -1.36. The summed E-state index contributed by atoms with van der Waals surface area (Å²) in [6, 6.07) is 0. The zero-order chi connectivity index (χ0) is 11.1. The van der Waals surface area contributed by atoms with Crippen LogP contribution in [0.1, 0.15) is 19.0 Å². The molecule has 5 heteroatoms. The number of nitrogens with zero attached hydrogens (tertiary/aromatic N) is 2. The highest BCUT2D eigenvalue weighted by atomic mass is 16.1. The van der Waals surface area contributed by atoms with Gasteiger partial charge < -0.3 is 15.2 Å². The zero-order valence-corrected chi connectivity index (χ0v) is 9.29. The molecule has 84 valence electrons. The Balaban J connectivity index is 2.23. The molecule has 5 nitrogen and oxygen atoms in total. The second kappa shape index (κ2) is 6.19. The van der Waals surface area contributed by atoms with Gasteiger partial charge in [-0.3, -0.25) is 4.79 Å². The van der Waals surface area contributed by atoms with Crippen molar-refractivity contribution < 1.29 is 4.79 Å². The minimum Gasteiger partial charge on any atom is -0.359 e. The van der Waals surface area contributed by atoms with Crippen molar-refractivity contribution in [3.05, 3.63) is 18.2 Å². The van der Waals surface area contributed by atoms with Crippen molar-refractivity contribution in [3.8, 4) is 0 Å². The summed E-state index contributed by atoms with van der Waals surface area (Å²) in [5.74, 6) is 0.0616. The third-order valence-corrected chi connectivity index (χ3v) is 2.25. The number of nitrogens with one attached hydrogen (secondary N) is 2. The molecule has 1 rings (SSSR count). The highest BCUT2D eigenvalue weighted by molar-refractivity contribution is 5.75. The van der Waals surface area contributed by atoms with E-state index in [1.54, 1.807) is 7.05 Å². The van der Waals surface area contributed by atoms with Gasteiger partial charge >= 0.3 is 0 Å². The van der Waals surface area contributed by atoms with Crippen LogP contribution in [-0.2, 0) is 17.9 Å².